The zero-order chi connectivity index (χ0) is 13.2. The Labute approximate surface area is 103 Å². The lowest BCUT2D eigenvalue weighted by molar-refractivity contribution is -0.201. The molecule has 1 saturated heterocycles. The summed E-state index contributed by atoms with van der Waals surface area (Å²) >= 11 is 0. The smallest absolute Gasteiger partial charge is 0.0639 e. The van der Waals surface area contributed by atoms with Crippen LogP contribution in [-0.4, -0.2) is 11.2 Å². The predicted molar refractivity (Wildman–Crippen MR) is 72.8 cm³/mol. The topological polar surface area (TPSA) is 9.23 Å². The highest BCUT2D eigenvalue weighted by atomic mass is 16.5. The molecular weight excluding hydrogens is 196 g/mol. The lowest BCUT2D eigenvalue weighted by atomic mass is 9.64. The molecule has 1 nitrogen and oxygen atoms in total. The monoisotopic (exact) mass is 228 g/mol. The molecule has 1 heterocycles. The number of rotatable bonds is 1. The van der Waals surface area contributed by atoms with Gasteiger partial charge in [-0.1, -0.05) is 34.6 Å². The Hall–Kier alpha value is -0.0400. The van der Waals surface area contributed by atoms with Crippen molar-refractivity contribution >= 4 is 0 Å². The summed E-state index contributed by atoms with van der Waals surface area (Å²) in [7, 11) is 0. The van der Waals surface area contributed by atoms with E-state index in [2.05, 4.69) is 48.5 Å². The van der Waals surface area contributed by atoms with Gasteiger partial charge in [0.15, 0.2) is 0 Å². The average molecular weight is 228 g/mol. The fourth-order valence-corrected chi connectivity index (χ4v) is 3.24. The molecule has 0 spiro atoms. The molecule has 0 atom stereocenters. The summed E-state index contributed by atoms with van der Waals surface area (Å²) in [5, 5.41) is 0. The van der Waals surface area contributed by atoms with E-state index in [1.165, 1.54) is 12.8 Å². The van der Waals surface area contributed by atoms with E-state index in [0.29, 0.717) is 5.41 Å². The average Bonchev–Trinajstić information content (AvgIpc) is 2.00. The van der Waals surface area contributed by atoms with Crippen molar-refractivity contribution in [3.63, 3.8) is 0 Å². The highest BCUT2D eigenvalue weighted by Gasteiger charge is 2.46. The van der Waals surface area contributed by atoms with Crippen molar-refractivity contribution in [3.05, 3.63) is 0 Å². The quantitative estimate of drug-likeness (QED) is 0.611. The maximum absolute atomic E-state index is 6.11. The van der Waals surface area contributed by atoms with E-state index < -0.39 is 0 Å². The SMILES string of the molecule is CC.CC(C)C1(C)CC(C)(C)OC(C)(C)C1. The largest absolute Gasteiger partial charge is 0.370 e. The van der Waals surface area contributed by atoms with Gasteiger partial charge < -0.3 is 4.74 Å². The minimum Gasteiger partial charge on any atom is -0.370 e. The van der Waals surface area contributed by atoms with E-state index in [0.717, 1.165) is 5.92 Å². The van der Waals surface area contributed by atoms with Crippen molar-refractivity contribution in [2.45, 2.75) is 86.4 Å². The van der Waals surface area contributed by atoms with Gasteiger partial charge in [-0.2, -0.15) is 0 Å². The molecule has 0 radical (unpaired) electrons. The molecule has 1 rings (SSSR count). The molecule has 1 heteroatoms. The van der Waals surface area contributed by atoms with Crippen molar-refractivity contribution in [1.29, 1.82) is 0 Å². The first-order chi connectivity index (χ1) is 7.06. The van der Waals surface area contributed by atoms with Crippen molar-refractivity contribution in [2.24, 2.45) is 11.3 Å². The summed E-state index contributed by atoms with van der Waals surface area (Å²) < 4.78 is 6.11. The van der Waals surface area contributed by atoms with Crippen molar-refractivity contribution in [2.75, 3.05) is 0 Å². The zero-order valence-corrected chi connectivity index (χ0v) is 12.9. The molecule has 0 bridgehead atoms. The fourth-order valence-electron chi connectivity index (χ4n) is 3.24. The summed E-state index contributed by atoms with van der Waals surface area (Å²) in [6, 6.07) is 0. The zero-order valence-electron chi connectivity index (χ0n) is 12.9. The van der Waals surface area contributed by atoms with Crippen LogP contribution in [0.25, 0.3) is 0 Å². The van der Waals surface area contributed by atoms with Gasteiger partial charge in [-0.15, -0.1) is 0 Å². The van der Waals surface area contributed by atoms with Crippen LogP contribution in [0.5, 0.6) is 0 Å². The molecular formula is C15H32O. The van der Waals surface area contributed by atoms with E-state index >= 15 is 0 Å². The van der Waals surface area contributed by atoms with Crippen molar-refractivity contribution in [1.82, 2.24) is 0 Å². The number of hydrogen-bond acceptors (Lipinski definition) is 1. The highest BCUT2D eigenvalue weighted by molar-refractivity contribution is 4.96. The van der Waals surface area contributed by atoms with Gasteiger partial charge in [-0.05, 0) is 51.9 Å². The molecule has 16 heavy (non-hydrogen) atoms. The van der Waals surface area contributed by atoms with Crippen LogP contribution in [0.4, 0.5) is 0 Å². The van der Waals surface area contributed by atoms with Crippen LogP contribution < -0.4 is 0 Å². The third-order valence-electron chi connectivity index (χ3n) is 3.61. The van der Waals surface area contributed by atoms with Crippen LogP contribution >= 0.6 is 0 Å². The first-order valence-electron chi connectivity index (χ1n) is 6.77. The molecule has 0 amide bonds. The molecule has 1 aliphatic heterocycles. The van der Waals surface area contributed by atoms with Crippen LogP contribution in [0.1, 0.15) is 75.2 Å². The Kier molecular flexibility index (Phi) is 5.07. The van der Waals surface area contributed by atoms with Gasteiger partial charge in [0, 0.05) is 0 Å². The lowest BCUT2D eigenvalue weighted by Gasteiger charge is -2.52. The first-order valence-corrected chi connectivity index (χ1v) is 6.77. The second-order valence-corrected chi connectivity index (χ2v) is 6.78. The Morgan fingerprint density at radius 3 is 1.38 bits per heavy atom. The van der Waals surface area contributed by atoms with Gasteiger partial charge in [0.2, 0.25) is 0 Å². The summed E-state index contributed by atoms with van der Waals surface area (Å²) in [5.74, 6) is 0.727. The number of hydrogen-bond donors (Lipinski definition) is 0. The van der Waals surface area contributed by atoms with E-state index in [1.54, 1.807) is 0 Å². The van der Waals surface area contributed by atoms with Gasteiger partial charge in [-0.3, -0.25) is 0 Å². The first kappa shape index (κ1) is 16.0. The summed E-state index contributed by atoms with van der Waals surface area (Å²) in [5.41, 5.74) is 0.479. The Balaban J connectivity index is 0.00000106. The molecule has 0 aromatic heterocycles. The minimum atomic E-state index is 0.0285. The van der Waals surface area contributed by atoms with Crippen LogP contribution in [-0.2, 0) is 4.74 Å². The molecule has 0 aromatic rings. The van der Waals surface area contributed by atoms with Gasteiger partial charge in [0.05, 0.1) is 11.2 Å². The molecule has 1 aliphatic rings. The van der Waals surface area contributed by atoms with Crippen molar-refractivity contribution in [3.8, 4) is 0 Å². The molecule has 0 saturated carbocycles. The van der Waals surface area contributed by atoms with Crippen LogP contribution in [0.15, 0.2) is 0 Å². The molecule has 1 fully saturated rings. The Morgan fingerprint density at radius 1 is 0.812 bits per heavy atom. The molecule has 0 N–H and O–H groups in total. The van der Waals surface area contributed by atoms with Crippen LogP contribution in [0.3, 0.4) is 0 Å². The van der Waals surface area contributed by atoms with Gasteiger partial charge in [0.1, 0.15) is 0 Å². The van der Waals surface area contributed by atoms with E-state index in [4.69, 9.17) is 4.74 Å². The number of ether oxygens (including phenoxy) is 1. The van der Waals surface area contributed by atoms with Gasteiger partial charge >= 0.3 is 0 Å². The van der Waals surface area contributed by atoms with Crippen molar-refractivity contribution < 1.29 is 4.74 Å². The summed E-state index contributed by atoms with van der Waals surface area (Å²) in [6.07, 6.45) is 2.34. The van der Waals surface area contributed by atoms with Crippen LogP contribution in [0, 0.1) is 11.3 Å². The second-order valence-electron chi connectivity index (χ2n) is 6.78. The molecule has 98 valence electrons. The highest BCUT2D eigenvalue weighted by Crippen LogP contribution is 2.49. The third kappa shape index (κ3) is 4.08. The maximum Gasteiger partial charge on any atom is 0.0639 e. The summed E-state index contributed by atoms with van der Waals surface area (Å²) in [6.45, 7) is 19.9. The minimum absolute atomic E-state index is 0.0285. The van der Waals surface area contributed by atoms with Crippen LogP contribution in [0.2, 0.25) is 0 Å². The summed E-state index contributed by atoms with van der Waals surface area (Å²) in [4.78, 5) is 0. The van der Waals surface area contributed by atoms with E-state index in [9.17, 15) is 0 Å². The Bertz CT molecular complexity index is 197. The molecule has 0 unspecified atom stereocenters. The van der Waals surface area contributed by atoms with E-state index in [1.807, 2.05) is 13.8 Å². The predicted octanol–water partition coefficient (Wildman–Crippen LogP) is 5.04. The fraction of sp³-hybridized carbons (Fsp3) is 1.00. The molecule has 0 aromatic carbocycles. The van der Waals surface area contributed by atoms with Gasteiger partial charge in [-0.25, -0.2) is 0 Å². The van der Waals surface area contributed by atoms with Gasteiger partial charge in [0.25, 0.3) is 0 Å². The second kappa shape index (κ2) is 5.08. The maximum atomic E-state index is 6.11. The van der Waals surface area contributed by atoms with E-state index in [-0.39, 0.29) is 11.2 Å². The third-order valence-corrected chi connectivity index (χ3v) is 3.61. The Morgan fingerprint density at radius 2 is 1.12 bits per heavy atom. The lowest BCUT2D eigenvalue weighted by Crippen LogP contribution is -2.51. The standard InChI is InChI=1S/C13H26O.C2H6/c1-10(2)13(7)8-11(3,4)14-12(5,6)9-13;1-2/h10H,8-9H2,1-7H3;1-2H3. The normalized spacial score (nSPS) is 25.9. The molecule has 0 aliphatic carbocycles.